The van der Waals surface area contributed by atoms with Crippen LogP contribution in [-0.4, -0.2) is 28.0 Å². The highest BCUT2D eigenvalue weighted by molar-refractivity contribution is 7.92. The lowest BCUT2D eigenvalue weighted by molar-refractivity contribution is 0.0954. The molecule has 0 unspecified atom stereocenters. The summed E-state index contributed by atoms with van der Waals surface area (Å²) in [5.74, 6) is 0.388. The van der Waals surface area contributed by atoms with Gasteiger partial charge in [-0.2, -0.15) is 0 Å². The van der Waals surface area contributed by atoms with E-state index in [1.165, 1.54) is 18.2 Å². The van der Waals surface area contributed by atoms with Crippen LogP contribution in [0.25, 0.3) is 0 Å². The maximum Gasteiger partial charge on any atom is 0.263 e. The summed E-state index contributed by atoms with van der Waals surface area (Å²) in [6, 6.07) is 18.7. The molecule has 0 aliphatic heterocycles. The molecular formula is C23H23ClN2O4S. The van der Waals surface area contributed by atoms with Crippen LogP contribution in [0.4, 0.5) is 5.69 Å². The summed E-state index contributed by atoms with van der Waals surface area (Å²) in [4.78, 5) is 12.4. The van der Waals surface area contributed by atoms with Crippen molar-refractivity contribution in [2.45, 2.75) is 18.2 Å². The van der Waals surface area contributed by atoms with Gasteiger partial charge >= 0.3 is 0 Å². The number of nitrogens with one attached hydrogen (secondary N) is 2. The number of benzene rings is 3. The largest absolute Gasteiger partial charge is 0.497 e. The lowest BCUT2D eigenvalue weighted by atomic mass is 10.1. The quantitative estimate of drug-likeness (QED) is 0.523. The molecule has 2 N–H and O–H groups in total. The van der Waals surface area contributed by atoms with Crippen molar-refractivity contribution >= 4 is 33.2 Å². The molecule has 0 heterocycles. The van der Waals surface area contributed by atoms with Crippen LogP contribution in [0.15, 0.2) is 71.6 Å². The van der Waals surface area contributed by atoms with Gasteiger partial charge in [-0.3, -0.25) is 9.52 Å². The van der Waals surface area contributed by atoms with Crippen molar-refractivity contribution in [3.8, 4) is 5.75 Å². The van der Waals surface area contributed by atoms with E-state index in [0.29, 0.717) is 18.7 Å². The Bertz CT molecular complexity index is 1180. The Hall–Kier alpha value is -3.03. The third kappa shape index (κ3) is 5.99. The van der Waals surface area contributed by atoms with Crippen LogP contribution in [0.2, 0.25) is 5.02 Å². The Morgan fingerprint density at radius 3 is 2.45 bits per heavy atom. The van der Waals surface area contributed by atoms with Crippen LogP contribution < -0.4 is 14.8 Å². The number of hydrogen-bond donors (Lipinski definition) is 2. The first-order chi connectivity index (χ1) is 14.8. The van der Waals surface area contributed by atoms with E-state index < -0.39 is 10.0 Å². The van der Waals surface area contributed by atoms with Gasteiger partial charge in [-0.25, -0.2) is 8.42 Å². The van der Waals surface area contributed by atoms with Crippen LogP contribution in [0, 0.1) is 6.92 Å². The molecule has 1 amide bonds. The van der Waals surface area contributed by atoms with E-state index >= 15 is 0 Å². The molecule has 0 atom stereocenters. The van der Waals surface area contributed by atoms with E-state index in [9.17, 15) is 13.2 Å². The molecule has 3 aromatic rings. The monoisotopic (exact) mass is 458 g/mol. The first kappa shape index (κ1) is 22.7. The molecular weight excluding hydrogens is 436 g/mol. The van der Waals surface area contributed by atoms with Gasteiger partial charge in [0, 0.05) is 17.8 Å². The van der Waals surface area contributed by atoms with Crippen molar-refractivity contribution in [2.24, 2.45) is 0 Å². The Morgan fingerprint density at radius 2 is 1.77 bits per heavy atom. The summed E-state index contributed by atoms with van der Waals surface area (Å²) in [5, 5.41) is 2.84. The summed E-state index contributed by atoms with van der Waals surface area (Å²) in [6.45, 7) is 2.26. The zero-order chi connectivity index (χ0) is 22.4. The van der Waals surface area contributed by atoms with Crippen molar-refractivity contribution in [1.29, 1.82) is 0 Å². The van der Waals surface area contributed by atoms with Gasteiger partial charge in [-0.1, -0.05) is 35.9 Å². The maximum atomic E-state index is 12.8. The minimum absolute atomic E-state index is 0.0370. The third-order valence-corrected chi connectivity index (χ3v) is 6.47. The zero-order valence-corrected chi connectivity index (χ0v) is 18.8. The fraction of sp³-hybridized carbons (Fsp3) is 0.174. The van der Waals surface area contributed by atoms with Gasteiger partial charge < -0.3 is 10.1 Å². The van der Waals surface area contributed by atoms with E-state index in [4.69, 9.17) is 16.3 Å². The van der Waals surface area contributed by atoms with E-state index in [2.05, 4.69) is 10.0 Å². The number of carbonyl (C=O) groups is 1. The average molecular weight is 459 g/mol. The van der Waals surface area contributed by atoms with E-state index in [1.807, 2.05) is 37.3 Å². The van der Waals surface area contributed by atoms with Gasteiger partial charge in [0.2, 0.25) is 0 Å². The summed E-state index contributed by atoms with van der Waals surface area (Å²) in [7, 11) is -2.36. The van der Waals surface area contributed by atoms with Gasteiger partial charge in [0.1, 0.15) is 10.6 Å². The molecule has 8 heteroatoms. The van der Waals surface area contributed by atoms with Crippen LogP contribution >= 0.6 is 11.6 Å². The molecule has 0 fully saturated rings. The lowest BCUT2D eigenvalue weighted by Gasteiger charge is -2.12. The number of halogens is 1. The molecule has 0 radical (unpaired) electrons. The van der Waals surface area contributed by atoms with Crippen LogP contribution in [0.1, 0.15) is 21.5 Å². The summed E-state index contributed by atoms with van der Waals surface area (Å²) < 4.78 is 33.3. The number of hydrogen-bond acceptors (Lipinski definition) is 4. The highest BCUT2D eigenvalue weighted by Crippen LogP contribution is 2.25. The number of methoxy groups -OCH3 is 1. The minimum Gasteiger partial charge on any atom is -0.497 e. The van der Waals surface area contributed by atoms with Crippen LogP contribution in [0.3, 0.4) is 0 Å². The first-order valence-corrected chi connectivity index (χ1v) is 11.4. The predicted octanol–water partition coefficient (Wildman–Crippen LogP) is 4.43. The molecule has 0 saturated heterocycles. The Balaban J connectivity index is 1.69. The van der Waals surface area contributed by atoms with Crippen molar-refractivity contribution in [1.82, 2.24) is 5.32 Å². The fourth-order valence-corrected chi connectivity index (χ4v) is 4.56. The van der Waals surface area contributed by atoms with Crippen molar-refractivity contribution in [2.75, 3.05) is 18.4 Å². The number of amides is 1. The average Bonchev–Trinajstić information content (AvgIpc) is 2.74. The van der Waals surface area contributed by atoms with E-state index in [1.54, 1.807) is 25.3 Å². The van der Waals surface area contributed by atoms with Gasteiger partial charge in [0.25, 0.3) is 15.9 Å². The summed E-state index contributed by atoms with van der Waals surface area (Å²) in [5.41, 5.74) is 2.59. The molecule has 6 nitrogen and oxygen atoms in total. The second kappa shape index (κ2) is 9.85. The fourth-order valence-electron chi connectivity index (χ4n) is 2.98. The van der Waals surface area contributed by atoms with Crippen LogP contribution in [-0.2, 0) is 16.4 Å². The third-order valence-electron chi connectivity index (χ3n) is 4.61. The SMILES string of the molecule is COc1ccc(CCNC(=O)c2ccc(Cl)c(S(=O)(=O)Nc3cccc(C)c3)c2)cc1. The van der Waals surface area contributed by atoms with Crippen LogP contribution in [0.5, 0.6) is 5.75 Å². The molecule has 0 aromatic heterocycles. The maximum absolute atomic E-state index is 12.8. The number of sulfonamides is 1. The van der Waals surface area contributed by atoms with Crippen molar-refractivity contribution < 1.29 is 17.9 Å². The van der Waals surface area contributed by atoms with Crippen molar-refractivity contribution in [3.63, 3.8) is 0 Å². The zero-order valence-electron chi connectivity index (χ0n) is 17.2. The Labute approximate surface area is 187 Å². The number of anilines is 1. The molecule has 0 bridgehead atoms. The molecule has 31 heavy (non-hydrogen) atoms. The minimum atomic E-state index is -3.96. The highest BCUT2D eigenvalue weighted by Gasteiger charge is 2.20. The molecule has 3 aromatic carbocycles. The number of aryl methyl sites for hydroxylation is 1. The molecule has 0 saturated carbocycles. The Kier molecular flexibility index (Phi) is 7.20. The molecule has 162 valence electrons. The number of rotatable bonds is 8. The predicted molar refractivity (Wildman–Crippen MR) is 122 cm³/mol. The number of carbonyl (C=O) groups excluding carboxylic acids is 1. The molecule has 0 aliphatic carbocycles. The lowest BCUT2D eigenvalue weighted by Crippen LogP contribution is -2.26. The van der Waals surface area contributed by atoms with Gasteiger partial charge in [0.05, 0.1) is 12.1 Å². The van der Waals surface area contributed by atoms with Crippen molar-refractivity contribution in [3.05, 3.63) is 88.4 Å². The van der Waals surface area contributed by atoms with E-state index in [-0.39, 0.29) is 21.4 Å². The standard InChI is InChI=1S/C23H23ClN2O4S/c1-16-4-3-5-19(14-16)26-31(28,29)22-15-18(8-11-21(22)24)23(27)25-13-12-17-6-9-20(30-2)10-7-17/h3-11,14-15,26H,12-13H2,1-2H3,(H,25,27). The normalized spacial score (nSPS) is 11.1. The van der Waals surface area contributed by atoms with Gasteiger partial charge in [-0.15, -0.1) is 0 Å². The highest BCUT2D eigenvalue weighted by atomic mass is 35.5. The first-order valence-electron chi connectivity index (χ1n) is 9.58. The number of ether oxygens (including phenoxy) is 1. The second-order valence-corrected chi connectivity index (χ2v) is 9.03. The van der Waals surface area contributed by atoms with E-state index in [0.717, 1.165) is 16.9 Å². The smallest absolute Gasteiger partial charge is 0.263 e. The topological polar surface area (TPSA) is 84.5 Å². The molecule has 3 rings (SSSR count). The Morgan fingerprint density at radius 1 is 1.03 bits per heavy atom. The summed E-state index contributed by atoms with van der Waals surface area (Å²) in [6.07, 6.45) is 0.628. The molecule has 0 aliphatic rings. The van der Waals surface area contributed by atoms with Gasteiger partial charge in [0.15, 0.2) is 0 Å². The summed E-state index contributed by atoms with van der Waals surface area (Å²) >= 11 is 6.13. The second-order valence-electron chi connectivity index (χ2n) is 6.97. The molecule has 0 spiro atoms. The van der Waals surface area contributed by atoms with Gasteiger partial charge in [-0.05, 0) is 66.9 Å².